The van der Waals surface area contributed by atoms with Crippen molar-refractivity contribution in [1.82, 2.24) is 10.0 Å². The zero-order valence-electron chi connectivity index (χ0n) is 27.3. The Kier molecular flexibility index (Phi) is 8.86. The Morgan fingerprint density at radius 2 is 1.68 bits per heavy atom. The van der Waals surface area contributed by atoms with E-state index in [4.69, 9.17) is 15.6 Å². The predicted molar refractivity (Wildman–Crippen MR) is 184 cm³/mol. The summed E-state index contributed by atoms with van der Waals surface area (Å²) in [6, 6.07) is 12.3. The Morgan fingerprint density at radius 1 is 0.979 bits per heavy atom. The van der Waals surface area contributed by atoms with Gasteiger partial charge in [-0.25, -0.2) is 21.9 Å². The fraction of sp³-hybridized carbons (Fsp3) is 0.405. The minimum Gasteiger partial charge on any atom is -0.457 e. The lowest BCUT2D eigenvalue weighted by molar-refractivity contribution is 0.199. The number of fused-ring (bicyclic) bond motifs is 2. The third-order valence-electron chi connectivity index (χ3n) is 9.37. The van der Waals surface area contributed by atoms with Crippen molar-refractivity contribution in [2.45, 2.75) is 88.9 Å². The summed E-state index contributed by atoms with van der Waals surface area (Å²) in [5, 5.41) is 21.9. The van der Waals surface area contributed by atoms with Gasteiger partial charge in [-0.05, 0) is 95.5 Å². The summed E-state index contributed by atoms with van der Waals surface area (Å²) in [7, 11) is -3.66. The van der Waals surface area contributed by atoms with Crippen molar-refractivity contribution in [2.75, 3.05) is 6.54 Å². The van der Waals surface area contributed by atoms with E-state index in [1.165, 1.54) is 12.1 Å². The van der Waals surface area contributed by atoms with Crippen LogP contribution in [0.15, 0.2) is 65.1 Å². The Labute approximate surface area is 275 Å². The molecule has 0 aromatic heterocycles. The smallest absolute Gasteiger partial charge is 0.240 e. The minimum absolute atomic E-state index is 0.108. The first-order valence-corrected chi connectivity index (χ1v) is 17.8. The second-order valence-electron chi connectivity index (χ2n) is 13.8. The summed E-state index contributed by atoms with van der Waals surface area (Å²) in [6.07, 6.45) is 4.62. The summed E-state index contributed by atoms with van der Waals surface area (Å²) in [5.41, 5.74) is 4.49. The molecule has 248 valence electrons. The standard InChI is InChI=1S/C37H42F2N4O3S/c1-5-6-7-14-42-47(44,45)27-12-10-26(11-13-27)46-31-20-25(37(2,3)4)16-24-17-28-34(36(41)43-35(28)40)33(32(24)31)22-9-8-21(15-22)23-18-29(38)30(39)19-23/h8,10-13,15-17,20,23,29-30,42H,5-7,9,14,18-19H2,1-4H3,(H3,40,41,43). The first-order valence-electron chi connectivity index (χ1n) is 16.3. The molecular weight excluding hydrogens is 618 g/mol. The van der Waals surface area contributed by atoms with Gasteiger partial charge in [0.25, 0.3) is 0 Å². The Hall–Kier alpha value is -3.89. The number of hydrogen-bond donors (Lipinski definition) is 4. The van der Waals surface area contributed by atoms with Gasteiger partial charge in [-0.2, -0.15) is 0 Å². The van der Waals surface area contributed by atoms with Gasteiger partial charge in [-0.3, -0.25) is 10.8 Å². The number of rotatable bonds is 10. The molecule has 0 amide bonds. The van der Waals surface area contributed by atoms with E-state index >= 15 is 0 Å². The van der Waals surface area contributed by atoms with Crippen molar-refractivity contribution >= 4 is 38.0 Å². The van der Waals surface area contributed by atoms with Crippen molar-refractivity contribution in [1.29, 1.82) is 10.8 Å². The van der Waals surface area contributed by atoms with Crippen molar-refractivity contribution in [3.8, 4) is 11.5 Å². The normalized spacial score (nSPS) is 21.2. The second-order valence-corrected chi connectivity index (χ2v) is 15.6. The molecule has 6 rings (SSSR count). The van der Waals surface area contributed by atoms with Crippen molar-refractivity contribution in [2.24, 2.45) is 5.92 Å². The first-order chi connectivity index (χ1) is 22.3. The molecule has 2 atom stereocenters. The Bertz CT molecular complexity index is 1920. The van der Waals surface area contributed by atoms with E-state index in [0.29, 0.717) is 35.6 Å². The minimum atomic E-state index is -3.66. The van der Waals surface area contributed by atoms with E-state index in [2.05, 4.69) is 43.8 Å². The number of hydrogen-bond acceptors (Lipinski definition) is 5. The van der Waals surface area contributed by atoms with Crippen LogP contribution in [-0.4, -0.2) is 39.0 Å². The summed E-state index contributed by atoms with van der Waals surface area (Å²) < 4.78 is 63.3. The lowest BCUT2D eigenvalue weighted by Gasteiger charge is -2.24. The zero-order valence-corrected chi connectivity index (χ0v) is 28.1. The quantitative estimate of drug-likeness (QED) is 0.163. The molecule has 0 radical (unpaired) electrons. The van der Waals surface area contributed by atoms with Crippen LogP contribution in [0, 0.1) is 16.7 Å². The van der Waals surface area contributed by atoms with Gasteiger partial charge >= 0.3 is 0 Å². The van der Waals surface area contributed by atoms with Crippen LogP contribution in [0.1, 0.15) is 88.5 Å². The summed E-state index contributed by atoms with van der Waals surface area (Å²) >= 11 is 0. The maximum atomic E-state index is 14.2. The molecule has 0 spiro atoms. The second kappa shape index (κ2) is 12.6. The van der Waals surface area contributed by atoms with Crippen LogP contribution in [-0.2, 0) is 15.4 Å². The molecule has 0 saturated heterocycles. The molecule has 0 bridgehead atoms. The van der Waals surface area contributed by atoms with E-state index in [1.54, 1.807) is 12.1 Å². The van der Waals surface area contributed by atoms with Crippen LogP contribution in [0.4, 0.5) is 8.78 Å². The predicted octanol–water partition coefficient (Wildman–Crippen LogP) is 8.45. The fourth-order valence-corrected chi connectivity index (χ4v) is 7.82. The highest BCUT2D eigenvalue weighted by molar-refractivity contribution is 7.89. The molecule has 3 aliphatic rings. The van der Waals surface area contributed by atoms with Gasteiger partial charge in [-0.15, -0.1) is 0 Å². The molecule has 2 unspecified atom stereocenters. The molecule has 3 aromatic carbocycles. The van der Waals surface area contributed by atoms with Crippen LogP contribution in [0.2, 0.25) is 0 Å². The van der Waals surface area contributed by atoms with Gasteiger partial charge < -0.3 is 10.1 Å². The van der Waals surface area contributed by atoms with E-state index < -0.39 is 22.4 Å². The van der Waals surface area contributed by atoms with Gasteiger partial charge in [-0.1, -0.05) is 58.8 Å². The number of ether oxygens (including phenoxy) is 1. The van der Waals surface area contributed by atoms with E-state index in [0.717, 1.165) is 52.3 Å². The maximum absolute atomic E-state index is 14.2. The maximum Gasteiger partial charge on any atom is 0.240 e. The lowest BCUT2D eigenvalue weighted by atomic mass is 9.82. The molecule has 3 aromatic rings. The summed E-state index contributed by atoms with van der Waals surface area (Å²) in [5.74, 6) is 1.02. The lowest BCUT2D eigenvalue weighted by Crippen LogP contribution is -2.24. The fourth-order valence-electron chi connectivity index (χ4n) is 6.74. The highest BCUT2D eigenvalue weighted by Crippen LogP contribution is 2.47. The number of benzene rings is 3. The van der Waals surface area contributed by atoms with Crippen LogP contribution in [0.5, 0.6) is 11.5 Å². The van der Waals surface area contributed by atoms with Crippen LogP contribution < -0.4 is 14.8 Å². The molecule has 47 heavy (non-hydrogen) atoms. The van der Waals surface area contributed by atoms with Crippen molar-refractivity contribution < 1.29 is 21.9 Å². The average Bonchev–Trinajstić information content (AvgIpc) is 3.71. The summed E-state index contributed by atoms with van der Waals surface area (Å²) in [4.78, 5) is 0.152. The molecular formula is C37H42F2N4O3S. The van der Waals surface area contributed by atoms with Crippen molar-refractivity contribution in [3.63, 3.8) is 0 Å². The largest absolute Gasteiger partial charge is 0.457 e. The molecule has 2 aliphatic carbocycles. The van der Waals surface area contributed by atoms with Crippen LogP contribution >= 0.6 is 0 Å². The number of allylic oxidation sites excluding steroid dienone is 4. The number of sulfonamides is 1. The molecule has 1 fully saturated rings. The number of nitrogens with one attached hydrogen (secondary N) is 4. The number of amidine groups is 2. The molecule has 4 N–H and O–H groups in total. The highest BCUT2D eigenvalue weighted by Gasteiger charge is 2.37. The van der Waals surface area contributed by atoms with Gasteiger partial charge in [0.2, 0.25) is 10.0 Å². The monoisotopic (exact) mass is 660 g/mol. The molecule has 1 saturated carbocycles. The van der Waals surface area contributed by atoms with Gasteiger partial charge in [0.05, 0.1) is 4.90 Å². The van der Waals surface area contributed by atoms with Gasteiger partial charge in [0.15, 0.2) is 0 Å². The van der Waals surface area contributed by atoms with E-state index in [-0.39, 0.29) is 40.7 Å². The van der Waals surface area contributed by atoms with Crippen LogP contribution in [0.25, 0.3) is 16.3 Å². The Balaban J connectivity index is 1.45. The molecule has 10 heteroatoms. The Morgan fingerprint density at radius 3 is 2.34 bits per heavy atom. The third kappa shape index (κ3) is 6.50. The summed E-state index contributed by atoms with van der Waals surface area (Å²) in [6.45, 7) is 8.75. The van der Waals surface area contributed by atoms with Gasteiger partial charge in [0, 0.05) is 28.6 Å². The van der Waals surface area contributed by atoms with Gasteiger partial charge in [0.1, 0.15) is 35.5 Å². The number of alkyl halides is 2. The molecule has 1 heterocycles. The van der Waals surface area contributed by atoms with E-state index in [9.17, 15) is 17.2 Å². The number of halogens is 2. The zero-order chi connectivity index (χ0) is 33.7. The van der Waals surface area contributed by atoms with Crippen LogP contribution in [0.3, 0.4) is 0 Å². The average molecular weight is 661 g/mol. The SMILES string of the molecule is CCCCCNS(=O)(=O)c1ccc(Oc2cc(C(C)(C)C)cc3cc4c(c(C5=CC(C6CC(F)C(F)C6)=CC5)c23)C(=N)NC4=N)cc1. The number of unbranched alkanes of at least 4 members (excludes halogenated alkanes) is 2. The van der Waals surface area contributed by atoms with Crippen molar-refractivity contribution in [3.05, 3.63) is 82.4 Å². The highest BCUT2D eigenvalue weighted by atomic mass is 32.2. The third-order valence-corrected chi connectivity index (χ3v) is 10.9. The van der Waals surface area contributed by atoms with E-state index in [1.807, 2.05) is 24.3 Å². The topological polar surface area (TPSA) is 115 Å². The molecule has 1 aliphatic heterocycles. The first kappa shape index (κ1) is 33.0. The molecule has 7 nitrogen and oxygen atoms in total.